The van der Waals surface area contributed by atoms with E-state index in [9.17, 15) is 0 Å². The van der Waals surface area contributed by atoms with Crippen molar-refractivity contribution in [2.24, 2.45) is 5.73 Å². The van der Waals surface area contributed by atoms with Crippen molar-refractivity contribution in [1.82, 2.24) is 15.0 Å². The third kappa shape index (κ3) is 4.02. The van der Waals surface area contributed by atoms with Crippen LogP contribution in [0, 0.1) is 0 Å². The second kappa shape index (κ2) is 6.65. The summed E-state index contributed by atoms with van der Waals surface area (Å²) in [4.78, 5) is 6.47. The van der Waals surface area contributed by atoms with E-state index < -0.39 is 0 Å². The van der Waals surface area contributed by atoms with Gasteiger partial charge in [0.1, 0.15) is 0 Å². The van der Waals surface area contributed by atoms with Crippen LogP contribution < -0.4 is 5.73 Å². The zero-order valence-corrected chi connectivity index (χ0v) is 11.6. The largest absolute Gasteiger partial charge is 0.338 e. The standard InChI is InChI=1S/C13H17ClN4O/c1-18(8-2-7-15)9-12-16-13(17-19-12)10-3-5-11(14)6-4-10/h3-6H,2,7-9,15H2,1H3. The lowest BCUT2D eigenvalue weighted by molar-refractivity contribution is 0.265. The highest BCUT2D eigenvalue weighted by molar-refractivity contribution is 6.30. The van der Waals surface area contributed by atoms with Crippen molar-refractivity contribution < 1.29 is 4.52 Å². The van der Waals surface area contributed by atoms with E-state index in [2.05, 4.69) is 15.0 Å². The van der Waals surface area contributed by atoms with Crippen molar-refractivity contribution >= 4 is 11.6 Å². The molecule has 6 heteroatoms. The molecule has 0 amide bonds. The van der Waals surface area contributed by atoms with Crippen molar-refractivity contribution in [3.8, 4) is 11.4 Å². The second-order valence-corrected chi connectivity index (χ2v) is 4.84. The molecule has 0 spiro atoms. The van der Waals surface area contributed by atoms with Gasteiger partial charge in [0.05, 0.1) is 6.54 Å². The van der Waals surface area contributed by atoms with Gasteiger partial charge in [0.25, 0.3) is 0 Å². The smallest absolute Gasteiger partial charge is 0.241 e. The first-order valence-electron chi connectivity index (χ1n) is 6.16. The first kappa shape index (κ1) is 14.0. The Morgan fingerprint density at radius 2 is 2.05 bits per heavy atom. The number of rotatable bonds is 6. The number of nitrogens with zero attached hydrogens (tertiary/aromatic N) is 3. The normalized spacial score (nSPS) is 11.2. The maximum Gasteiger partial charge on any atom is 0.241 e. The lowest BCUT2D eigenvalue weighted by Gasteiger charge is -2.12. The van der Waals surface area contributed by atoms with Crippen LogP contribution >= 0.6 is 11.6 Å². The van der Waals surface area contributed by atoms with Crippen molar-refractivity contribution in [2.45, 2.75) is 13.0 Å². The average molecular weight is 281 g/mol. The van der Waals surface area contributed by atoms with Gasteiger partial charge in [-0.25, -0.2) is 0 Å². The van der Waals surface area contributed by atoms with Crippen LogP contribution in [0.5, 0.6) is 0 Å². The zero-order valence-electron chi connectivity index (χ0n) is 10.8. The minimum atomic E-state index is 0.582. The van der Waals surface area contributed by atoms with Crippen LogP contribution in [-0.2, 0) is 6.54 Å². The third-order valence-corrected chi connectivity index (χ3v) is 2.97. The van der Waals surface area contributed by atoms with E-state index in [1.54, 1.807) is 12.1 Å². The highest BCUT2D eigenvalue weighted by Gasteiger charge is 2.10. The Morgan fingerprint density at radius 3 is 2.74 bits per heavy atom. The average Bonchev–Trinajstić information content (AvgIpc) is 2.85. The molecule has 102 valence electrons. The number of halogens is 1. The molecule has 0 aliphatic carbocycles. The topological polar surface area (TPSA) is 68.2 Å². The molecule has 2 N–H and O–H groups in total. The minimum absolute atomic E-state index is 0.582. The SMILES string of the molecule is CN(CCCN)Cc1nc(-c2ccc(Cl)cc2)no1. The molecule has 0 saturated heterocycles. The molecule has 0 aliphatic rings. The monoisotopic (exact) mass is 280 g/mol. The fraction of sp³-hybridized carbons (Fsp3) is 0.385. The summed E-state index contributed by atoms with van der Waals surface area (Å²) < 4.78 is 5.23. The molecular formula is C13H17ClN4O. The van der Waals surface area contributed by atoms with Gasteiger partial charge >= 0.3 is 0 Å². The Labute approximate surface area is 117 Å². The van der Waals surface area contributed by atoms with Crippen LogP contribution in [0.1, 0.15) is 12.3 Å². The molecule has 0 aliphatic heterocycles. The predicted octanol–water partition coefficient (Wildman–Crippen LogP) is 2.17. The molecule has 19 heavy (non-hydrogen) atoms. The number of nitrogens with two attached hydrogens (primary N) is 1. The molecule has 0 bridgehead atoms. The summed E-state index contributed by atoms with van der Waals surface area (Å²) >= 11 is 5.84. The molecule has 1 aromatic carbocycles. The predicted molar refractivity (Wildman–Crippen MR) is 74.7 cm³/mol. The van der Waals surface area contributed by atoms with Crippen molar-refractivity contribution in [1.29, 1.82) is 0 Å². The van der Waals surface area contributed by atoms with Gasteiger partial charge in [0.15, 0.2) is 0 Å². The fourth-order valence-electron chi connectivity index (χ4n) is 1.71. The van der Waals surface area contributed by atoms with E-state index >= 15 is 0 Å². The molecule has 0 unspecified atom stereocenters. The number of hydrogen-bond acceptors (Lipinski definition) is 5. The lowest BCUT2D eigenvalue weighted by atomic mass is 10.2. The molecule has 1 heterocycles. The summed E-state index contributed by atoms with van der Waals surface area (Å²) in [6.45, 7) is 2.22. The van der Waals surface area contributed by atoms with E-state index in [0.29, 0.717) is 29.8 Å². The van der Waals surface area contributed by atoms with Crippen molar-refractivity contribution in [3.63, 3.8) is 0 Å². The van der Waals surface area contributed by atoms with Gasteiger partial charge in [-0.05, 0) is 50.8 Å². The van der Waals surface area contributed by atoms with E-state index in [4.69, 9.17) is 21.9 Å². The van der Waals surface area contributed by atoms with Gasteiger partial charge in [-0.15, -0.1) is 0 Å². The van der Waals surface area contributed by atoms with Crippen LogP contribution in [-0.4, -0.2) is 35.2 Å². The van der Waals surface area contributed by atoms with Gasteiger partial charge in [-0.2, -0.15) is 4.98 Å². The quantitative estimate of drug-likeness (QED) is 0.878. The van der Waals surface area contributed by atoms with Gasteiger partial charge in [0, 0.05) is 10.6 Å². The van der Waals surface area contributed by atoms with Gasteiger partial charge in [-0.3, -0.25) is 4.90 Å². The molecule has 5 nitrogen and oxygen atoms in total. The zero-order chi connectivity index (χ0) is 13.7. The maximum absolute atomic E-state index is 5.84. The van der Waals surface area contributed by atoms with E-state index in [-0.39, 0.29) is 0 Å². The summed E-state index contributed by atoms with van der Waals surface area (Å²) in [6, 6.07) is 7.35. The van der Waals surface area contributed by atoms with Crippen LogP contribution in [0.3, 0.4) is 0 Å². The van der Waals surface area contributed by atoms with Crippen LogP contribution in [0.25, 0.3) is 11.4 Å². The third-order valence-electron chi connectivity index (χ3n) is 2.72. The Hall–Kier alpha value is -1.43. The maximum atomic E-state index is 5.84. The van der Waals surface area contributed by atoms with E-state index in [0.717, 1.165) is 18.5 Å². The Bertz CT molecular complexity index is 512. The Morgan fingerprint density at radius 1 is 1.32 bits per heavy atom. The fourth-order valence-corrected chi connectivity index (χ4v) is 1.83. The van der Waals surface area contributed by atoms with E-state index in [1.807, 2.05) is 19.2 Å². The Balaban J connectivity index is 2.00. The molecule has 2 aromatic rings. The van der Waals surface area contributed by atoms with Gasteiger partial charge in [0.2, 0.25) is 11.7 Å². The Kier molecular flexibility index (Phi) is 4.90. The van der Waals surface area contributed by atoms with Crippen LogP contribution in [0.4, 0.5) is 0 Å². The summed E-state index contributed by atoms with van der Waals surface area (Å²) in [6.07, 6.45) is 0.953. The number of benzene rings is 1. The number of hydrogen-bond donors (Lipinski definition) is 1. The summed E-state index contributed by atoms with van der Waals surface area (Å²) in [5.41, 5.74) is 6.37. The molecule has 0 saturated carbocycles. The summed E-state index contributed by atoms with van der Waals surface area (Å²) in [5, 5.41) is 4.66. The molecule has 0 fully saturated rings. The highest BCUT2D eigenvalue weighted by Crippen LogP contribution is 2.18. The van der Waals surface area contributed by atoms with Crippen molar-refractivity contribution in [2.75, 3.05) is 20.1 Å². The summed E-state index contributed by atoms with van der Waals surface area (Å²) in [5.74, 6) is 1.18. The van der Waals surface area contributed by atoms with Gasteiger partial charge in [-0.1, -0.05) is 16.8 Å². The molecule has 0 atom stereocenters. The minimum Gasteiger partial charge on any atom is -0.338 e. The first-order chi connectivity index (χ1) is 9.19. The first-order valence-corrected chi connectivity index (χ1v) is 6.54. The number of aromatic nitrogens is 2. The van der Waals surface area contributed by atoms with Crippen LogP contribution in [0.2, 0.25) is 5.02 Å². The summed E-state index contributed by atoms with van der Waals surface area (Å²) in [7, 11) is 2.00. The molecule has 2 rings (SSSR count). The van der Waals surface area contributed by atoms with E-state index in [1.165, 1.54) is 0 Å². The molecule has 0 radical (unpaired) electrons. The van der Waals surface area contributed by atoms with Crippen LogP contribution in [0.15, 0.2) is 28.8 Å². The second-order valence-electron chi connectivity index (χ2n) is 4.40. The van der Waals surface area contributed by atoms with Gasteiger partial charge < -0.3 is 10.3 Å². The lowest BCUT2D eigenvalue weighted by Crippen LogP contribution is -2.21. The van der Waals surface area contributed by atoms with Crippen molar-refractivity contribution in [3.05, 3.63) is 35.2 Å². The molecule has 1 aromatic heterocycles. The highest BCUT2D eigenvalue weighted by atomic mass is 35.5. The molecular weight excluding hydrogens is 264 g/mol.